The number of aliphatic hydroxyl groups is 1. The molecule has 0 aromatic heterocycles. The van der Waals surface area contributed by atoms with Gasteiger partial charge < -0.3 is 15.8 Å². The van der Waals surface area contributed by atoms with Crippen LogP contribution < -0.4 is 51.4 Å². The standard InChI is InChI=1S/C4H6O5S.K.H/c5-2(1-3(6)7)4(8)9-10;;/h2,5,10H,1H2,(H,6,7);;/q;+1;-1. The van der Waals surface area contributed by atoms with E-state index in [1.54, 1.807) is 0 Å². The number of rotatable bonds is 3. The molecule has 0 bridgehead atoms. The predicted octanol–water partition coefficient (Wildman–Crippen LogP) is -3.67. The second kappa shape index (κ2) is 7.53. The number of aliphatic carboxylic acids is 1. The SMILES string of the molecule is O=C(O)CC(O)C(=O)OS.[H-].[K+]. The fourth-order valence-corrected chi connectivity index (χ4v) is 0.431. The normalized spacial score (nSPS) is 11.1. The second-order valence-electron chi connectivity index (χ2n) is 1.52. The number of carboxylic acid groups (broad SMARTS) is 1. The molecule has 0 saturated carbocycles. The summed E-state index contributed by atoms with van der Waals surface area (Å²) < 4.78 is 3.76. The molecule has 0 aromatic rings. The second-order valence-corrected chi connectivity index (χ2v) is 1.71. The minimum atomic E-state index is -1.63. The van der Waals surface area contributed by atoms with Crippen molar-refractivity contribution in [2.75, 3.05) is 0 Å². The molecule has 0 rings (SSSR count). The maximum atomic E-state index is 10.2. The molecule has 0 aliphatic rings. The topological polar surface area (TPSA) is 83.8 Å². The van der Waals surface area contributed by atoms with Gasteiger partial charge in [-0.1, -0.05) is 0 Å². The average molecular weight is 206 g/mol. The Balaban J connectivity index is -0.000000405. The first-order valence-electron chi connectivity index (χ1n) is 2.33. The molecule has 0 saturated heterocycles. The van der Waals surface area contributed by atoms with E-state index < -0.39 is 24.5 Å². The summed E-state index contributed by atoms with van der Waals surface area (Å²) in [5.41, 5.74) is 0. The molecule has 2 N–H and O–H groups in total. The molecular formula is C4H7KO5S. The van der Waals surface area contributed by atoms with Crippen LogP contribution in [-0.4, -0.2) is 28.3 Å². The molecule has 1 atom stereocenters. The van der Waals surface area contributed by atoms with Crippen LogP contribution in [-0.2, 0) is 13.8 Å². The Bertz CT molecular complexity index is 154. The van der Waals surface area contributed by atoms with Crippen molar-refractivity contribution in [3.8, 4) is 0 Å². The third kappa shape index (κ3) is 7.25. The van der Waals surface area contributed by atoms with Crippen molar-refractivity contribution in [2.45, 2.75) is 12.5 Å². The Morgan fingerprint density at radius 1 is 1.64 bits per heavy atom. The van der Waals surface area contributed by atoms with E-state index in [0.717, 1.165) is 0 Å². The summed E-state index contributed by atoms with van der Waals surface area (Å²) in [7, 11) is 0. The quantitative estimate of drug-likeness (QED) is 0.252. The van der Waals surface area contributed by atoms with Gasteiger partial charge in [-0.3, -0.25) is 4.79 Å². The van der Waals surface area contributed by atoms with E-state index in [-0.39, 0.29) is 52.8 Å². The smallest absolute Gasteiger partial charge is 1.00 e. The molecule has 0 aliphatic carbocycles. The van der Waals surface area contributed by atoms with Crippen molar-refractivity contribution in [2.24, 2.45) is 0 Å². The van der Waals surface area contributed by atoms with Crippen molar-refractivity contribution < 1.29 is 76.8 Å². The zero-order chi connectivity index (χ0) is 8.15. The molecule has 1 unspecified atom stereocenters. The Morgan fingerprint density at radius 3 is 2.36 bits per heavy atom. The number of carbonyl (C=O) groups is 2. The third-order valence-electron chi connectivity index (χ3n) is 0.730. The number of hydrogen-bond acceptors (Lipinski definition) is 5. The molecule has 0 radical (unpaired) electrons. The van der Waals surface area contributed by atoms with Gasteiger partial charge in [-0.2, -0.15) is 0 Å². The Hall–Kier alpha value is 0.886. The van der Waals surface area contributed by atoms with Crippen LogP contribution in [0.1, 0.15) is 7.85 Å². The van der Waals surface area contributed by atoms with Crippen LogP contribution in [0.4, 0.5) is 0 Å². The number of carboxylic acids is 1. The third-order valence-corrected chi connectivity index (χ3v) is 0.910. The van der Waals surface area contributed by atoms with Crippen molar-refractivity contribution in [3.05, 3.63) is 0 Å². The van der Waals surface area contributed by atoms with E-state index >= 15 is 0 Å². The van der Waals surface area contributed by atoms with Crippen LogP contribution in [0.25, 0.3) is 0 Å². The van der Waals surface area contributed by atoms with E-state index in [9.17, 15) is 9.59 Å². The maximum Gasteiger partial charge on any atom is 1.00 e. The molecule has 0 aliphatic heterocycles. The van der Waals surface area contributed by atoms with Gasteiger partial charge in [-0.25, -0.2) is 4.79 Å². The monoisotopic (exact) mass is 206 g/mol. The Morgan fingerprint density at radius 2 is 2.09 bits per heavy atom. The number of thiol groups is 1. The summed E-state index contributed by atoms with van der Waals surface area (Å²) >= 11 is 3.07. The molecule has 7 heteroatoms. The molecule has 60 valence electrons. The van der Waals surface area contributed by atoms with E-state index in [4.69, 9.17) is 10.2 Å². The summed E-state index contributed by atoms with van der Waals surface area (Å²) in [4.78, 5) is 20.1. The van der Waals surface area contributed by atoms with Gasteiger partial charge in [0.05, 0.1) is 6.42 Å². The number of carbonyl (C=O) groups excluding carboxylic acids is 1. The van der Waals surface area contributed by atoms with Crippen molar-refractivity contribution in [1.29, 1.82) is 0 Å². The summed E-state index contributed by atoms with van der Waals surface area (Å²) in [5, 5.41) is 16.6. The Kier molecular flexibility index (Phi) is 9.87. The molecule has 11 heavy (non-hydrogen) atoms. The van der Waals surface area contributed by atoms with Gasteiger partial charge in [0.25, 0.3) is 0 Å². The van der Waals surface area contributed by atoms with E-state index in [2.05, 4.69) is 17.1 Å². The Labute approximate surface area is 113 Å². The number of hydrogen-bond donors (Lipinski definition) is 3. The van der Waals surface area contributed by atoms with Crippen LogP contribution in [0, 0.1) is 0 Å². The summed E-state index contributed by atoms with van der Waals surface area (Å²) in [5.74, 6) is -2.34. The predicted molar refractivity (Wildman–Crippen MR) is 34.4 cm³/mol. The molecule has 0 heterocycles. The van der Waals surface area contributed by atoms with Gasteiger partial charge in [0.1, 0.15) is 0 Å². The minimum absolute atomic E-state index is 0. The van der Waals surface area contributed by atoms with Crippen LogP contribution in [0.3, 0.4) is 0 Å². The minimum Gasteiger partial charge on any atom is -1.00 e. The first-order chi connectivity index (χ1) is 4.57. The fraction of sp³-hybridized carbons (Fsp3) is 0.500. The maximum absolute atomic E-state index is 10.2. The molecule has 5 nitrogen and oxygen atoms in total. The van der Waals surface area contributed by atoms with Crippen LogP contribution in [0.15, 0.2) is 0 Å². The van der Waals surface area contributed by atoms with Crippen molar-refractivity contribution >= 4 is 24.8 Å². The van der Waals surface area contributed by atoms with E-state index in [1.807, 2.05) is 0 Å². The van der Waals surface area contributed by atoms with Gasteiger partial charge in [-0.05, 0) is 0 Å². The zero-order valence-electron chi connectivity index (χ0n) is 6.85. The first-order valence-corrected chi connectivity index (χ1v) is 2.69. The van der Waals surface area contributed by atoms with Crippen LogP contribution in [0.2, 0.25) is 0 Å². The molecule has 0 amide bonds. The summed E-state index contributed by atoms with van der Waals surface area (Å²) in [6.45, 7) is 0. The molecule has 0 aromatic carbocycles. The molecular weight excluding hydrogens is 199 g/mol. The van der Waals surface area contributed by atoms with E-state index in [1.165, 1.54) is 0 Å². The molecule has 0 spiro atoms. The summed E-state index contributed by atoms with van der Waals surface area (Å²) in [6, 6.07) is 0. The number of aliphatic hydroxyl groups excluding tert-OH is 1. The van der Waals surface area contributed by atoms with Crippen molar-refractivity contribution in [3.63, 3.8) is 0 Å². The van der Waals surface area contributed by atoms with Crippen LogP contribution in [0.5, 0.6) is 0 Å². The van der Waals surface area contributed by atoms with Gasteiger partial charge in [-0.15, -0.1) is 0 Å². The van der Waals surface area contributed by atoms with Gasteiger partial charge >= 0.3 is 63.3 Å². The van der Waals surface area contributed by atoms with Gasteiger partial charge in [0.15, 0.2) is 6.10 Å². The largest absolute Gasteiger partial charge is 1.00 e. The van der Waals surface area contributed by atoms with Crippen LogP contribution >= 0.6 is 12.9 Å². The first kappa shape index (κ1) is 14.4. The van der Waals surface area contributed by atoms with E-state index in [0.29, 0.717) is 0 Å². The van der Waals surface area contributed by atoms with Gasteiger partial charge in [0.2, 0.25) is 0 Å². The van der Waals surface area contributed by atoms with Gasteiger partial charge in [0, 0.05) is 12.9 Å². The zero-order valence-corrected chi connectivity index (χ0v) is 9.87. The molecule has 0 fully saturated rings. The van der Waals surface area contributed by atoms with Crippen molar-refractivity contribution in [1.82, 2.24) is 0 Å². The fourth-order valence-electron chi connectivity index (χ4n) is 0.310. The summed E-state index contributed by atoms with van der Waals surface area (Å²) in [6.07, 6.45) is -2.30. The average Bonchev–Trinajstić information content (AvgIpc) is 1.85.